The molecule has 3 rings (SSSR count). The summed E-state index contributed by atoms with van der Waals surface area (Å²) in [6.07, 6.45) is 0.173. The number of piperidine rings is 1. The molecule has 2 heterocycles. The van der Waals surface area contributed by atoms with Gasteiger partial charge < -0.3 is 29.0 Å². The van der Waals surface area contributed by atoms with Gasteiger partial charge in [0.1, 0.15) is 12.6 Å². The van der Waals surface area contributed by atoms with Crippen molar-refractivity contribution in [1.29, 1.82) is 0 Å². The van der Waals surface area contributed by atoms with E-state index in [1.807, 2.05) is 0 Å². The SMILES string of the molecule is CC(=O)OCCOCCOCCOCCOCCNc1cccc2c1C(=O)N(C1CCC(=O)NC1=O)C2=O. The summed E-state index contributed by atoms with van der Waals surface area (Å²) >= 11 is 0. The normalized spacial score (nSPS) is 17.0. The van der Waals surface area contributed by atoms with E-state index in [0.29, 0.717) is 65.1 Å². The van der Waals surface area contributed by atoms with E-state index >= 15 is 0 Å². The predicted molar refractivity (Wildman–Crippen MR) is 132 cm³/mol. The number of anilines is 1. The van der Waals surface area contributed by atoms with Crippen LogP contribution < -0.4 is 10.6 Å². The van der Waals surface area contributed by atoms with Crippen molar-refractivity contribution >= 4 is 35.3 Å². The fourth-order valence-electron chi connectivity index (χ4n) is 3.93. The van der Waals surface area contributed by atoms with Gasteiger partial charge in [-0.3, -0.25) is 34.2 Å². The molecule has 13 heteroatoms. The molecule has 0 bridgehead atoms. The number of fused-ring (bicyclic) bond motifs is 1. The van der Waals surface area contributed by atoms with Crippen LogP contribution in [0.15, 0.2) is 18.2 Å². The molecule has 0 saturated carbocycles. The van der Waals surface area contributed by atoms with Gasteiger partial charge in [0.25, 0.3) is 11.8 Å². The first-order valence-electron chi connectivity index (χ1n) is 12.4. The Morgan fingerprint density at radius 3 is 2.11 bits per heavy atom. The summed E-state index contributed by atoms with van der Waals surface area (Å²) in [5.41, 5.74) is 0.901. The highest BCUT2D eigenvalue weighted by Crippen LogP contribution is 2.32. The lowest BCUT2D eigenvalue weighted by molar-refractivity contribution is -0.142. The van der Waals surface area contributed by atoms with Crippen LogP contribution in [-0.4, -0.2) is 107 Å². The molecule has 1 aromatic carbocycles. The van der Waals surface area contributed by atoms with Gasteiger partial charge in [-0.25, -0.2) is 0 Å². The molecule has 4 amide bonds. The summed E-state index contributed by atoms with van der Waals surface area (Å²) in [5.74, 6) is -2.51. The Morgan fingerprint density at radius 2 is 1.50 bits per heavy atom. The zero-order valence-corrected chi connectivity index (χ0v) is 21.3. The summed E-state index contributed by atoms with van der Waals surface area (Å²) in [5, 5.41) is 5.29. The van der Waals surface area contributed by atoms with Crippen LogP contribution in [0.25, 0.3) is 0 Å². The molecule has 0 aliphatic carbocycles. The van der Waals surface area contributed by atoms with Crippen molar-refractivity contribution in [3.8, 4) is 0 Å². The lowest BCUT2D eigenvalue weighted by Crippen LogP contribution is -2.54. The largest absolute Gasteiger partial charge is 0.463 e. The molecule has 1 saturated heterocycles. The molecule has 1 atom stereocenters. The van der Waals surface area contributed by atoms with Crippen LogP contribution in [0.2, 0.25) is 0 Å². The Kier molecular flexibility index (Phi) is 11.6. The third-order valence-electron chi connectivity index (χ3n) is 5.68. The van der Waals surface area contributed by atoms with Gasteiger partial charge in [-0.15, -0.1) is 0 Å². The molecule has 0 spiro atoms. The van der Waals surface area contributed by atoms with Crippen molar-refractivity contribution in [3.05, 3.63) is 29.3 Å². The molecule has 38 heavy (non-hydrogen) atoms. The van der Waals surface area contributed by atoms with E-state index in [9.17, 15) is 24.0 Å². The van der Waals surface area contributed by atoms with Crippen molar-refractivity contribution in [1.82, 2.24) is 10.2 Å². The molecule has 0 aromatic heterocycles. The van der Waals surface area contributed by atoms with Gasteiger partial charge in [-0.1, -0.05) is 6.07 Å². The number of hydrogen-bond donors (Lipinski definition) is 2. The molecule has 13 nitrogen and oxygen atoms in total. The monoisotopic (exact) mass is 535 g/mol. The van der Waals surface area contributed by atoms with E-state index < -0.39 is 29.7 Å². The van der Waals surface area contributed by atoms with Crippen molar-refractivity contribution in [2.45, 2.75) is 25.8 Å². The third-order valence-corrected chi connectivity index (χ3v) is 5.68. The molecular formula is C25H33N3O10. The second-order valence-corrected chi connectivity index (χ2v) is 8.39. The van der Waals surface area contributed by atoms with E-state index in [0.717, 1.165) is 4.90 Å². The van der Waals surface area contributed by atoms with Crippen molar-refractivity contribution in [3.63, 3.8) is 0 Å². The van der Waals surface area contributed by atoms with Crippen LogP contribution in [0, 0.1) is 0 Å². The molecule has 1 unspecified atom stereocenters. The Bertz CT molecular complexity index is 1020. The molecule has 1 fully saturated rings. The Hall–Kier alpha value is -3.39. The molecule has 2 N–H and O–H groups in total. The van der Waals surface area contributed by atoms with Gasteiger partial charge in [0.2, 0.25) is 11.8 Å². The maximum Gasteiger partial charge on any atom is 0.302 e. The van der Waals surface area contributed by atoms with Crippen LogP contribution in [-0.2, 0) is 38.1 Å². The quantitative estimate of drug-likeness (QED) is 0.159. The Morgan fingerprint density at radius 1 is 0.895 bits per heavy atom. The van der Waals surface area contributed by atoms with E-state index in [4.69, 9.17) is 23.7 Å². The summed E-state index contributed by atoms with van der Waals surface area (Å²) in [7, 11) is 0. The standard InChI is InChI=1S/C25H33N3O10/c1-17(29)38-16-15-37-14-13-36-12-11-35-10-9-34-8-7-26-19-4-2-3-18-22(19)25(33)28(24(18)32)20-5-6-21(30)27-23(20)31/h2-4,20,26H,5-16H2,1H3,(H,27,30,31). The molecule has 1 aromatic rings. The average molecular weight is 536 g/mol. The van der Waals surface area contributed by atoms with Crippen LogP contribution in [0.1, 0.15) is 40.5 Å². The van der Waals surface area contributed by atoms with E-state index in [1.54, 1.807) is 18.2 Å². The minimum atomic E-state index is -1.01. The second-order valence-electron chi connectivity index (χ2n) is 8.39. The smallest absolute Gasteiger partial charge is 0.302 e. The maximum atomic E-state index is 13.1. The zero-order valence-electron chi connectivity index (χ0n) is 21.3. The van der Waals surface area contributed by atoms with Crippen LogP contribution in [0.4, 0.5) is 5.69 Å². The summed E-state index contributed by atoms with van der Waals surface area (Å²) < 4.78 is 26.3. The van der Waals surface area contributed by atoms with Crippen LogP contribution >= 0.6 is 0 Å². The van der Waals surface area contributed by atoms with Crippen molar-refractivity contribution < 1.29 is 47.7 Å². The number of nitrogens with zero attached hydrogens (tertiary/aromatic N) is 1. The number of rotatable bonds is 17. The van der Waals surface area contributed by atoms with Gasteiger partial charge in [0.15, 0.2) is 0 Å². The number of hydrogen-bond acceptors (Lipinski definition) is 11. The number of ether oxygens (including phenoxy) is 5. The van der Waals surface area contributed by atoms with Gasteiger partial charge in [-0.2, -0.15) is 0 Å². The van der Waals surface area contributed by atoms with Gasteiger partial charge in [0.05, 0.1) is 64.0 Å². The van der Waals surface area contributed by atoms with Crippen molar-refractivity contribution in [2.75, 3.05) is 71.3 Å². The highest BCUT2D eigenvalue weighted by molar-refractivity contribution is 6.25. The second kappa shape index (κ2) is 15.1. The third kappa shape index (κ3) is 8.31. The number of amides is 4. The maximum absolute atomic E-state index is 13.1. The summed E-state index contributed by atoms with van der Waals surface area (Å²) in [6, 6.07) is 3.88. The average Bonchev–Trinajstić information content (AvgIpc) is 3.14. The summed E-state index contributed by atoms with van der Waals surface area (Å²) in [6.45, 7) is 5.01. The minimum absolute atomic E-state index is 0.0676. The minimum Gasteiger partial charge on any atom is -0.463 e. The zero-order chi connectivity index (χ0) is 27.3. The highest BCUT2D eigenvalue weighted by atomic mass is 16.6. The number of carbonyl (C=O) groups excluding carboxylic acids is 5. The van der Waals surface area contributed by atoms with Gasteiger partial charge in [-0.05, 0) is 18.6 Å². The van der Waals surface area contributed by atoms with Crippen LogP contribution in [0.5, 0.6) is 0 Å². The Labute approximate surface area is 220 Å². The van der Waals surface area contributed by atoms with Crippen molar-refractivity contribution in [2.24, 2.45) is 0 Å². The molecule has 208 valence electrons. The molecule has 2 aliphatic heterocycles. The topological polar surface area (TPSA) is 159 Å². The van der Waals surface area contributed by atoms with E-state index in [1.165, 1.54) is 6.92 Å². The fourth-order valence-corrected chi connectivity index (χ4v) is 3.93. The molecule has 2 aliphatic rings. The first-order chi connectivity index (χ1) is 18.4. The first-order valence-corrected chi connectivity index (χ1v) is 12.4. The lowest BCUT2D eigenvalue weighted by atomic mass is 10.0. The number of benzene rings is 1. The number of esters is 1. The number of nitrogens with one attached hydrogen (secondary N) is 2. The van der Waals surface area contributed by atoms with E-state index in [-0.39, 0.29) is 36.5 Å². The molecule has 0 radical (unpaired) electrons. The highest BCUT2D eigenvalue weighted by Gasteiger charge is 2.45. The summed E-state index contributed by atoms with van der Waals surface area (Å²) in [4.78, 5) is 61.1. The number of carbonyl (C=O) groups is 5. The molecular weight excluding hydrogens is 502 g/mol. The predicted octanol–water partition coefficient (Wildman–Crippen LogP) is 0.129. The number of imide groups is 2. The van der Waals surface area contributed by atoms with Gasteiger partial charge in [0, 0.05) is 25.6 Å². The fraction of sp³-hybridized carbons (Fsp3) is 0.560. The van der Waals surface area contributed by atoms with Crippen LogP contribution in [0.3, 0.4) is 0 Å². The van der Waals surface area contributed by atoms with Gasteiger partial charge >= 0.3 is 5.97 Å². The van der Waals surface area contributed by atoms with E-state index in [2.05, 4.69) is 10.6 Å². The first kappa shape index (κ1) is 29.2. The Balaban J connectivity index is 1.27. The lowest BCUT2D eigenvalue weighted by Gasteiger charge is -2.27.